The van der Waals surface area contributed by atoms with Gasteiger partial charge in [0, 0.05) is 18.7 Å². The predicted octanol–water partition coefficient (Wildman–Crippen LogP) is 5.80. The zero-order valence-corrected chi connectivity index (χ0v) is 18.0. The Morgan fingerprint density at radius 2 is 1.97 bits per heavy atom. The third-order valence-corrected chi connectivity index (χ3v) is 5.45. The van der Waals surface area contributed by atoms with Crippen LogP contribution in [0.1, 0.15) is 24.5 Å². The molecule has 172 valence electrons. The molecule has 3 aromatic rings. The van der Waals surface area contributed by atoms with Crippen LogP contribution in [-0.4, -0.2) is 40.4 Å². The Labute approximate surface area is 189 Å². The number of nitrogens with zero attached hydrogens (tertiary/aromatic N) is 3. The lowest BCUT2D eigenvalue weighted by molar-refractivity contribution is -0.127. The summed E-state index contributed by atoms with van der Waals surface area (Å²) in [7, 11) is 0. The van der Waals surface area contributed by atoms with Crippen molar-refractivity contribution in [2.75, 3.05) is 18.4 Å². The van der Waals surface area contributed by atoms with Crippen LogP contribution in [0.25, 0.3) is 17.5 Å². The largest absolute Gasteiger partial charge is 0.403 e. The minimum atomic E-state index is -4.24. The molecular weight excluding hydrogens is 433 g/mol. The van der Waals surface area contributed by atoms with Crippen molar-refractivity contribution in [2.45, 2.75) is 25.9 Å². The van der Waals surface area contributed by atoms with Gasteiger partial charge in [-0.2, -0.15) is 13.2 Å². The first-order chi connectivity index (χ1) is 15.8. The number of alkyl halides is 3. The number of nitrogens with one attached hydrogen (secondary N) is 1. The number of piperidine rings is 1. The van der Waals surface area contributed by atoms with Crippen LogP contribution in [0.5, 0.6) is 0 Å². The maximum Gasteiger partial charge on any atom is 0.393 e. The van der Waals surface area contributed by atoms with Crippen LogP contribution in [0.3, 0.4) is 0 Å². The second kappa shape index (κ2) is 9.48. The number of hydrogen-bond donors (Lipinski definition) is 1. The molecule has 4 rings (SSSR count). The molecular formula is C24H23F3N4O2. The molecule has 1 saturated heterocycles. The summed E-state index contributed by atoms with van der Waals surface area (Å²) in [5, 5.41) is 10.5. The molecule has 33 heavy (non-hydrogen) atoms. The fraction of sp³-hybridized carbons (Fsp3) is 0.292. The average molecular weight is 456 g/mol. The molecule has 1 fully saturated rings. The number of benzene rings is 2. The molecule has 9 heteroatoms. The average Bonchev–Trinajstić information content (AvgIpc) is 3.23. The Hall–Kier alpha value is -3.62. The highest BCUT2D eigenvalue weighted by molar-refractivity contribution is 5.87. The molecule has 1 unspecified atom stereocenters. The fourth-order valence-corrected chi connectivity index (χ4v) is 3.83. The van der Waals surface area contributed by atoms with Crippen LogP contribution in [0.15, 0.2) is 64.6 Å². The maximum atomic E-state index is 12.7. The van der Waals surface area contributed by atoms with Gasteiger partial charge in [-0.3, -0.25) is 5.32 Å². The van der Waals surface area contributed by atoms with E-state index in [9.17, 15) is 18.0 Å². The van der Waals surface area contributed by atoms with Gasteiger partial charge in [0.15, 0.2) is 0 Å². The van der Waals surface area contributed by atoms with Crippen LogP contribution in [-0.2, 0) is 6.42 Å². The minimum absolute atomic E-state index is 0.0225. The first kappa shape index (κ1) is 22.6. The van der Waals surface area contributed by atoms with Gasteiger partial charge >= 0.3 is 18.2 Å². The van der Waals surface area contributed by atoms with E-state index in [-0.39, 0.29) is 23.5 Å². The lowest BCUT2D eigenvalue weighted by Gasteiger charge is -2.32. The summed E-state index contributed by atoms with van der Waals surface area (Å²) in [6.45, 7) is 2.94. The number of aromatic nitrogens is 2. The number of carbonyl (C=O) groups is 1. The standard InChI is InChI=1S/C24H23F3N4O2/c1-16-15-31(23(32)28-22-30-29-21(33-22)19-8-3-2-4-9-19)11-10-20(16)13-17-6-5-7-18(12-17)14-24(25,26)27/h2-9,12-13,16H,10-11,14-15H2,1H3,(H,28,30,32)/b20-13+. The summed E-state index contributed by atoms with van der Waals surface area (Å²) in [6.07, 6.45) is -2.64. The van der Waals surface area contributed by atoms with E-state index in [1.54, 1.807) is 23.1 Å². The molecule has 2 heterocycles. The van der Waals surface area contributed by atoms with Gasteiger partial charge in [0.1, 0.15) is 0 Å². The van der Waals surface area contributed by atoms with E-state index >= 15 is 0 Å². The van der Waals surface area contributed by atoms with Crippen LogP contribution in [0.4, 0.5) is 24.0 Å². The van der Waals surface area contributed by atoms with Gasteiger partial charge in [-0.05, 0) is 35.6 Å². The number of hydrogen-bond acceptors (Lipinski definition) is 4. The summed E-state index contributed by atoms with van der Waals surface area (Å²) in [5.74, 6) is 0.370. The molecule has 2 aromatic carbocycles. The second-order valence-electron chi connectivity index (χ2n) is 8.06. The van der Waals surface area contributed by atoms with E-state index < -0.39 is 12.6 Å². The highest BCUT2D eigenvalue weighted by Gasteiger charge is 2.28. The lowest BCUT2D eigenvalue weighted by atomic mass is 9.91. The predicted molar refractivity (Wildman–Crippen MR) is 118 cm³/mol. The van der Waals surface area contributed by atoms with E-state index in [1.165, 1.54) is 6.07 Å². The van der Waals surface area contributed by atoms with E-state index in [2.05, 4.69) is 15.5 Å². The van der Waals surface area contributed by atoms with Crippen molar-refractivity contribution in [1.29, 1.82) is 0 Å². The van der Waals surface area contributed by atoms with Crippen molar-refractivity contribution in [2.24, 2.45) is 5.92 Å². The van der Waals surface area contributed by atoms with E-state index in [4.69, 9.17) is 4.42 Å². The number of urea groups is 1. The number of carbonyl (C=O) groups excluding carboxylic acids is 1. The third-order valence-electron chi connectivity index (χ3n) is 5.45. The van der Waals surface area contributed by atoms with E-state index in [0.29, 0.717) is 25.4 Å². The number of halogens is 3. The Kier molecular flexibility index (Phi) is 6.48. The Bertz CT molecular complexity index is 1140. The molecule has 0 radical (unpaired) electrons. The van der Waals surface area contributed by atoms with Gasteiger partial charge in [-0.25, -0.2) is 4.79 Å². The van der Waals surface area contributed by atoms with E-state index in [1.807, 2.05) is 43.3 Å². The molecule has 1 aromatic heterocycles. The van der Waals surface area contributed by atoms with Gasteiger partial charge in [-0.1, -0.05) is 66.1 Å². The summed E-state index contributed by atoms with van der Waals surface area (Å²) >= 11 is 0. The zero-order valence-electron chi connectivity index (χ0n) is 18.0. The molecule has 1 N–H and O–H groups in total. The lowest BCUT2D eigenvalue weighted by Crippen LogP contribution is -2.42. The molecule has 0 saturated carbocycles. The molecule has 0 bridgehead atoms. The number of anilines is 1. The summed E-state index contributed by atoms with van der Waals surface area (Å²) in [4.78, 5) is 14.3. The number of rotatable bonds is 4. The molecule has 0 aliphatic carbocycles. The van der Waals surface area contributed by atoms with Gasteiger partial charge in [0.2, 0.25) is 5.89 Å². The van der Waals surface area contributed by atoms with Crippen molar-refractivity contribution in [3.63, 3.8) is 0 Å². The van der Waals surface area contributed by atoms with E-state index in [0.717, 1.165) is 16.7 Å². The minimum Gasteiger partial charge on any atom is -0.403 e. The number of amides is 2. The molecule has 1 atom stereocenters. The van der Waals surface area contributed by atoms with Crippen LogP contribution in [0, 0.1) is 5.92 Å². The summed E-state index contributed by atoms with van der Waals surface area (Å²) < 4.78 is 43.6. The molecule has 6 nitrogen and oxygen atoms in total. The van der Waals surface area contributed by atoms with Crippen LogP contribution >= 0.6 is 0 Å². The van der Waals surface area contributed by atoms with Crippen molar-refractivity contribution >= 4 is 18.1 Å². The SMILES string of the molecule is CC1CN(C(=O)Nc2nnc(-c3ccccc3)o2)CC/C1=C\c1cccc(CC(F)(F)F)c1. The summed E-state index contributed by atoms with van der Waals surface area (Å²) in [6, 6.07) is 15.4. The number of likely N-dealkylation sites (tertiary alicyclic amines) is 1. The van der Waals surface area contributed by atoms with Gasteiger partial charge in [0.25, 0.3) is 0 Å². The molecule has 1 aliphatic rings. The van der Waals surface area contributed by atoms with Crippen LogP contribution in [0.2, 0.25) is 0 Å². The molecule has 2 amide bonds. The smallest absolute Gasteiger partial charge is 0.393 e. The Balaban J connectivity index is 1.37. The van der Waals surface area contributed by atoms with Crippen molar-refractivity contribution in [1.82, 2.24) is 15.1 Å². The van der Waals surface area contributed by atoms with Crippen molar-refractivity contribution in [3.05, 3.63) is 71.3 Å². The van der Waals surface area contributed by atoms with Crippen molar-refractivity contribution < 1.29 is 22.4 Å². The summed E-state index contributed by atoms with van der Waals surface area (Å²) in [5.41, 5.74) is 2.81. The van der Waals surface area contributed by atoms with Crippen molar-refractivity contribution in [3.8, 4) is 11.5 Å². The first-order valence-electron chi connectivity index (χ1n) is 10.6. The maximum absolute atomic E-state index is 12.7. The monoisotopic (exact) mass is 456 g/mol. The zero-order chi connectivity index (χ0) is 23.4. The molecule has 1 aliphatic heterocycles. The van der Waals surface area contributed by atoms with Gasteiger partial charge in [0.05, 0.1) is 6.42 Å². The normalized spacial score (nSPS) is 17.9. The third kappa shape index (κ3) is 6.00. The quantitative estimate of drug-likeness (QED) is 0.539. The van der Waals surface area contributed by atoms with Gasteiger partial charge in [-0.15, -0.1) is 5.10 Å². The van der Waals surface area contributed by atoms with Gasteiger partial charge < -0.3 is 9.32 Å². The highest BCUT2D eigenvalue weighted by atomic mass is 19.4. The Morgan fingerprint density at radius 3 is 2.70 bits per heavy atom. The first-order valence-corrected chi connectivity index (χ1v) is 10.6. The Morgan fingerprint density at radius 1 is 1.18 bits per heavy atom. The van der Waals surface area contributed by atoms with Crippen LogP contribution < -0.4 is 5.32 Å². The fourth-order valence-electron chi connectivity index (χ4n) is 3.83. The topological polar surface area (TPSA) is 71.3 Å². The second-order valence-corrected chi connectivity index (χ2v) is 8.06. The molecule has 0 spiro atoms. The highest BCUT2D eigenvalue weighted by Crippen LogP contribution is 2.27.